The number of benzene rings is 1. The average Bonchev–Trinajstić information content (AvgIpc) is 2.49. The van der Waals surface area contributed by atoms with Gasteiger partial charge < -0.3 is 10.2 Å². The van der Waals surface area contributed by atoms with Crippen LogP contribution in [0.1, 0.15) is 11.8 Å². The number of halogens is 1. The van der Waals surface area contributed by atoms with Crippen LogP contribution in [-0.2, 0) is 0 Å². The Labute approximate surface area is 81.6 Å². The molecule has 0 fully saturated rings. The van der Waals surface area contributed by atoms with Crippen LogP contribution >= 0.6 is 12.4 Å². The molecule has 0 radical (unpaired) electrons. The van der Waals surface area contributed by atoms with Crippen molar-refractivity contribution in [3.8, 4) is 0 Å². The van der Waals surface area contributed by atoms with Crippen LogP contribution in [0.25, 0.3) is 11.1 Å². The van der Waals surface area contributed by atoms with Gasteiger partial charge in [0, 0.05) is 5.56 Å². The zero-order valence-corrected chi connectivity index (χ0v) is 7.38. The van der Waals surface area contributed by atoms with E-state index in [2.05, 4.69) is 4.98 Å². The molecular formula is C8H8ClN2O2+. The number of aromatic nitrogens is 1. The molecule has 0 aliphatic heterocycles. The molecule has 1 aromatic carbocycles. The highest BCUT2D eigenvalue weighted by atomic mass is 35.5. The number of amides is 1. The van der Waals surface area contributed by atoms with Gasteiger partial charge in [0.25, 0.3) is 0 Å². The highest BCUT2D eigenvalue weighted by Crippen LogP contribution is 2.13. The maximum Gasteiger partial charge on any atom is 1.00 e. The standard InChI is InChI=1S/C8H6N2O2.ClH/c9-8(11)5-1-2-7-6(3-5)10-4-12-7;/h1-4H,(H2,9,11);1H/p+1. The summed E-state index contributed by atoms with van der Waals surface area (Å²) in [7, 11) is 0. The molecule has 0 saturated heterocycles. The minimum Gasteiger partial charge on any atom is -0.443 e. The summed E-state index contributed by atoms with van der Waals surface area (Å²) in [5, 5.41) is 0. The molecule has 13 heavy (non-hydrogen) atoms. The van der Waals surface area contributed by atoms with Crippen LogP contribution in [0.15, 0.2) is 29.0 Å². The van der Waals surface area contributed by atoms with Crippen LogP contribution in [0.5, 0.6) is 0 Å². The highest BCUT2D eigenvalue weighted by Gasteiger charge is 2.03. The van der Waals surface area contributed by atoms with Crippen LogP contribution in [0.2, 0.25) is 0 Å². The van der Waals surface area contributed by atoms with E-state index in [1.165, 1.54) is 6.39 Å². The highest BCUT2D eigenvalue weighted by molar-refractivity contribution is 5.95. The van der Waals surface area contributed by atoms with E-state index in [0.29, 0.717) is 16.7 Å². The van der Waals surface area contributed by atoms with Crippen molar-refractivity contribution in [2.24, 2.45) is 5.73 Å². The van der Waals surface area contributed by atoms with Gasteiger partial charge in [-0.1, -0.05) is 0 Å². The van der Waals surface area contributed by atoms with E-state index < -0.39 is 5.91 Å². The fourth-order valence-corrected chi connectivity index (χ4v) is 1.01. The lowest BCUT2D eigenvalue weighted by atomic mass is 10.2. The lowest BCUT2D eigenvalue weighted by Gasteiger charge is -1.92. The first-order chi connectivity index (χ1) is 5.77. The molecule has 0 bridgehead atoms. The van der Waals surface area contributed by atoms with Gasteiger partial charge in [0.05, 0.1) is 0 Å². The molecule has 1 amide bonds. The second kappa shape index (κ2) is 3.45. The first-order valence-electron chi connectivity index (χ1n) is 3.40. The molecule has 2 N–H and O–H groups in total. The Balaban J connectivity index is 0.000000845. The van der Waals surface area contributed by atoms with Crippen molar-refractivity contribution in [2.75, 3.05) is 0 Å². The van der Waals surface area contributed by atoms with Gasteiger partial charge in [0.1, 0.15) is 5.52 Å². The summed E-state index contributed by atoms with van der Waals surface area (Å²) in [4.78, 5) is 14.6. The topological polar surface area (TPSA) is 69.1 Å². The molecule has 2 rings (SSSR count). The SMILES string of the molecule is Cl.NC(=O)c1ccc2ocnc2c1.[H+]. The van der Waals surface area contributed by atoms with E-state index in [1.54, 1.807) is 18.2 Å². The molecule has 5 heteroatoms. The summed E-state index contributed by atoms with van der Waals surface area (Å²) in [6, 6.07) is 4.87. The zero-order chi connectivity index (χ0) is 8.55. The lowest BCUT2D eigenvalue weighted by Crippen LogP contribution is -2.10. The van der Waals surface area contributed by atoms with E-state index in [9.17, 15) is 4.79 Å². The van der Waals surface area contributed by atoms with Crippen LogP contribution in [0.3, 0.4) is 0 Å². The van der Waals surface area contributed by atoms with Crippen LogP contribution in [0, 0.1) is 0 Å². The Bertz CT molecular complexity index is 444. The van der Waals surface area contributed by atoms with Crippen molar-refractivity contribution in [2.45, 2.75) is 0 Å². The largest absolute Gasteiger partial charge is 1.00 e. The van der Waals surface area contributed by atoms with Crippen molar-refractivity contribution in [1.29, 1.82) is 0 Å². The van der Waals surface area contributed by atoms with Gasteiger partial charge >= 0.3 is 1.43 Å². The fourth-order valence-electron chi connectivity index (χ4n) is 1.01. The summed E-state index contributed by atoms with van der Waals surface area (Å²) in [6.45, 7) is 0. The Morgan fingerprint density at radius 1 is 1.54 bits per heavy atom. The van der Waals surface area contributed by atoms with Gasteiger partial charge in [0.2, 0.25) is 5.91 Å². The van der Waals surface area contributed by atoms with E-state index in [4.69, 9.17) is 10.2 Å². The third kappa shape index (κ3) is 1.62. The Morgan fingerprint density at radius 3 is 3.00 bits per heavy atom. The fraction of sp³-hybridized carbons (Fsp3) is 0. The third-order valence-electron chi connectivity index (χ3n) is 1.61. The van der Waals surface area contributed by atoms with E-state index >= 15 is 0 Å². The maximum atomic E-state index is 10.7. The summed E-state index contributed by atoms with van der Waals surface area (Å²) in [6.07, 6.45) is 1.33. The number of hydrogen-bond acceptors (Lipinski definition) is 3. The monoisotopic (exact) mass is 199 g/mol. The van der Waals surface area contributed by atoms with Crippen molar-refractivity contribution in [3.05, 3.63) is 30.2 Å². The van der Waals surface area contributed by atoms with Gasteiger partial charge in [-0.15, -0.1) is 12.4 Å². The number of carbonyl (C=O) groups is 1. The molecule has 0 spiro atoms. The number of primary amides is 1. The predicted molar refractivity (Wildman–Crippen MR) is 50.9 cm³/mol. The van der Waals surface area contributed by atoms with Crippen molar-refractivity contribution < 1.29 is 10.6 Å². The lowest BCUT2D eigenvalue weighted by molar-refractivity contribution is 0.100. The Hall–Kier alpha value is -1.55. The quantitative estimate of drug-likeness (QED) is 0.756. The molecule has 4 nitrogen and oxygen atoms in total. The molecule has 1 heterocycles. The minimum absolute atomic E-state index is 0. The number of carbonyl (C=O) groups excluding carboxylic acids is 1. The molecule has 0 saturated carbocycles. The van der Waals surface area contributed by atoms with Crippen molar-refractivity contribution in [1.82, 2.24) is 4.98 Å². The second-order valence-corrected chi connectivity index (χ2v) is 2.40. The zero-order valence-electron chi connectivity index (χ0n) is 7.56. The van der Waals surface area contributed by atoms with Crippen LogP contribution in [0.4, 0.5) is 0 Å². The molecule has 0 unspecified atom stereocenters. The molecular weight excluding hydrogens is 192 g/mol. The molecule has 0 aliphatic rings. The smallest absolute Gasteiger partial charge is 0.443 e. The molecule has 68 valence electrons. The molecule has 1 aromatic heterocycles. The third-order valence-corrected chi connectivity index (χ3v) is 1.61. The van der Waals surface area contributed by atoms with E-state index in [1.807, 2.05) is 0 Å². The number of nitrogens with two attached hydrogens (primary N) is 1. The Kier molecular flexibility index (Phi) is 2.53. The molecule has 0 atom stereocenters. The number of hydrogen-bond donors (Lipinski definition) is 1. The summed E-state index contributed by atoms with van der Waals surface area (Å²) in [5.41, 5.74) is 6.81. The van der Waals surface area contributed by atoms with Gasteiger partial charge in [0.15, 0.2) is 12.0 Å². The van der Waals surface area contributed by atoms with Crippen LogP contribution < -0.4 is 5.73 Å². The number of oxazole rings is 1. The summed E-state index contributed by atoms with van der Waals surface area (Å²) >= 11 is 0. The maximum absolute atomic E-state index is 10.7. The Morgan fingerprint density at radius 2 is 2.31 bits per heavy atom. The number of nitrogens with zero attached hydrogens (tertiary/aromatic N) is 1. The average molecular weight is 200 g/mol. The van der Waals surface area contributed by atoms with Gasteiger partial charge in [-0.3, -0.25) is 4.79 Å². The van der Waals surface area contributed by atoms with Crippen LogP contribution in [-0.4, -0.2) is 10.9 Å². The summed E-state index contributed by atoms with van der Waals surface area (Å²) in [5.74, 6) is -0.458. The number of fused-ring (bicyclic) bond motifs is 1. The van der Waals surface area contributed by atoms with Gasteiger partial charge in [-0.2, -0.15) is 0 Å². The molecule has 0 aliphatic carbocycles. The first-order valence-corrected chi connectivity index (χ1v) is 3.40. The number of rotatable bonds is 1. The normalized spacial score (nSPS) is 9.54. The van der Waals surface area contributed by atoms with E-state index in [0.717, 1.165) is 0 Å². The second-order valence-electron chi connectivity index (χ2n) is 2.40. The first kappa shape index (κ1) is 9.54. The van der Waals surface area contributed by atoms with Crippen molar-refractivity contribution in [3.63, 3.8) is 0 Å². The predicted octanol–water partition coefficient (Wildman–Crippen LogP) is 1.46. The minimum atomic E-state index is -0.458. The van der Waals surface area contributed by atoms with Gasteiger partial charge in [-0.05, 0) is 18.2 Å². The van der Waals surface area contributed by atoms with Crippen molar-refractivity contribution >= 4 is 29.4 Å². The van der Waals surface area contributed by atoms with E-state index in [-0.39, 0.29) is 13.8 Å². The molecule has 2 aromatic rings. The summed E-state index contributed by atoms with van der Waals surface area (Å²) < 4.78 is 4.99. The van der Waals surface area contributed by atoms with Gasteiger partial charge in [-0.25, -0.2) is 4.98 Å².